The number of benzene rings is 1. The van der Waals surface area contributed by atoms with Gasteiger partial charge >= 0.3 is 0 Å². The Kier molecular flexibility index (Phi) is 4.39. The van der Waals surface area contributed by atoms with Crippen molar-refractivity contribution >= 4 is 11.8 Å². The lowest BCUT2D eigenvalue weighted by atomic mass is 9.97. The minimum atomic E-state index is -0.831. The molecule has 0 bridgehead atoms. The van der Waals surface area contributed by atoms with Gasteiger partial charge in [0.15, 0.2) is 0 Å². The van der Waals surface area contributed by atoms with Gasteiger partial charge in [0.25, 0.3) is 5.91 Å². The van der Waals surface area contributed by atoms with Crippen LogP contribution in [0.25, 0.3) is 0 Å². The lowest BCUT2D eigenvalue weighted by Gasteiger charge is -2.34. The standard InChI is InChI=1S/C15H20N2O3/c1-15(14(20)16-9-11-18)8-5-10-17(15)13(19)12-6-3-2-4-7-12/h2-4,6-7,18H,5,8-11H2,1H3,(H,16,20). The zero-order chi connectivity index (χ0) is 14.6. The zero-order valence-corrected chi connectivity index (χ0v) is 11.6. The Hall–Kier alpha value is -1.88. The van der Waals surface area contributed by atoms with Crippen LogP contribution in [0.4, 0.5) is 0 Å². The second kappa shape index (κ2) is 6.05. The van der Waals surface area contributed by atoms with Crippen LogP contribution in [-0.4, -0.2) is 47.1 Å². The van der Waals surface area contributed by atoms with Crippen molar-refractivity contribution in [3.8, 4) is 0 Å². The summed E-state index contributed by atoms with van der Waals surface area (Å²) in [4.78, 5) is 26.4. The van der Waals surface area contributed by atoms with Gasteiger partial charge in [0.05, 0.1) is 6.61 Å². The minimum absolute atomic E-state index is 0.103. The van der Waals surface area contributed by atoms with E-state index in [0.29, 0.717) is 18.5 Å². The summed E-state index contributed by atoms with van der Waals surface area (Å²) in [7, 11) is 0. The first-order valence-corrected chi connectivity index (χ1v) is 6.86. The Bertz CT molecular complexity index is 489. The van der Waals surface area contributed by atoms with E-state index in [2.05, 4.69) is 5.32 Å². The Morgan fingerprint density at radius 1 is 1.35 bits per heavy atom. The molecule has 1 aliphatic heterocycles. The highest BCUT2D eigenvalue weighted by Crippen LogP contribution is 2.30. The van der Waals surface area contributed by atoms with Gasteiger partial charge < -0.3 is 15.3 Å². The third-order valence-corrected chi connectivity index (χ3v) is 3.79. The molecule has 1 saturated heterocycles. The van der Waals surface area contributed by atoms with E-state index < -0.39 is 5.54 Å². The summed E-state index contributed by atoms with van der Waals surface area (Å²) in [6.45, 7) is 2.47. The maximum atomic E-state index is 12.5. The first-order valence-electron chi connectivity index (χ1n) is 6.86. The second-order valence-electron chi connectivity index (χ2n) is 5.18. The minimum Gasteiger partial charge on any atom is -0.395 e. The first-order chi connectivity index (χ1) is 9.59. The van der Waals surface area contributed by atoms with Crippen LogP contribution < -0.4 is 5.32 Å². The SMILES string of the molecule is CC1(C(=O)NCCO)CCCN1C(=O)c1ccccc1. The molecule has 0 saturated carbocycles. The molecule has 0 spiro atoms. The highest BCUT2D eigenvalue weighted by molar-refractivity contribution is 5.99. The third-order valence-electron chi connectivity index (χ3n) is 3.79. The molecule has 20 heavy (non-hydrogen) atoms. The van der Waals surface area contributed by atoms with E-state index >= 15 is 0 Å². The fourth-order valence-corrected chi connectivity index (χ4v) is 2.62. The molecule has 0 radical (unpaired) electrons. The maximum absolute atomic E-state index is 12.5. The summed E-state index contributed by atoms with van der Waals surface area (Å²) in [6, 6.07) is 8.99. The molecule has 1 heterocycles. The van der Waals surface area contributed by atoms with Crippen LogP contribution in [0.2, 0.25) is 0 Å². The van der Waals surface area contributed by atoms with Crippen LogP contribution in [0.1, 0.15) is 30.1 Å². The molecule has 2 amide bonds. The van der Waals surface area contributed by atoms with Gasteiger partial charge in [-0.1, -0.05) is 18.2 Å². The van der Waals surface area contributed by atoms with Crippen molar-refractivity contribution in [2.45, 2.75) is 25.3 Å². The number of hydrogen-bond donors (Lipinski definition) is 2. The summed E-state index contributed by atoms with van der Waals surface area (Å²) in [5.74, 6) is -0.321. The predicted molar refractivity (Wildman–Crippen MR) is 75.2 cm³/mol. The summed E-state index contributed by atoms with van der Waals surface area (Å²) in [5, 5.41) is 11.5. The van der Waals surface area contributed by atoms with Crippen LogP contribution in [0.3, 0.4) is 0 Å². The number of rotatable bonds is 4. The van der Waals surface area contributed by atoms with Gasteiger partial charge in [-0.2, -0.15) is 0 Å². The monoisotopic (exact) mass is 276 g/mol. The van der Waals surface area contributed by atoms with Crippen molar-refractivity contribution in [1.82, 2.24) is 10.2 Å². The van der Waals surface area contributed by atoms with Gasteiger partial charge in [-0.05, 0) is 31.9 Å². The number of aliphatic hydroxyl groups excluding tert-OH is 1. The van der Waals surface area contributed by atoms with E-state index in [1.54, 1.807) is 24.0 Å². The second-order valence-corrected chi connectivity index (χ2v) is 5.18. The number of likely N-dealkylation sites (tertiary alicyclic amines) is 1. The Labute approximate surface area is 118 Å². The molecule has 1 aromatic rings. The van der Waals surface area contributed by atoms with E-state index in [-0.39, 0.29) is 25.0 Å². The zero-order valence-electron chi connectivity index (χ0n) is 11.6. The maximum Gasteiger partial charge on any atom is 0.254 e. The Morgan fingerprint density at radius 3 is 2.70 bits per heavy atom. The quantitative estimate of drug-likeness (QED) is 0.854. The molecule has 1 atom stereocenters. The van der Waals surface area contributed by atoms with Crippen molar-refractivity contribution in [3.05, 3.63) is 35.9 Å². The van der Waals surface area contributed by atoms with Gasteiger partial charge in [0.1, 0.15) is 5.54 Å². The van der Waals surface area contributed by atoms with Crippen molar-refractivity contribution in [2.24, 2.45) is 0 Å². The van der Waals surface area contributed by atoms with Crippen LogP contribution >= 0.6 is 0 Å². The van der Waals surface area contributed by atoms with E-state index in [9.17, 15) is 9.59 Å². The summed E-state index contributed by atoms with van der Waals surface area (Å²) in [6.07, 6.45) is 1.45. The molecule has 1 aromatic carbocycles. The van der Waals surface area contributed by atoms with E-state index in [1.165, 1.54) is 0 Å². The van der Waals surface area contributed by atoms with E-state index in [0.717, 1.165) is 6.42 Å². The van der Waals surface area contributed by atoms with Gasteiger partial charge in [-0.25, -0.2) is 0 Å². The van der Waals surface area contributed by atoms with Gasteiger partial charge in [0.2, 0.25) is 5.91 Å². The molecule has 108 valence electrons. The Balaban J connectivity index is 2.18. The number of nitrogens with zero attached hydrogens (tertiary/aromatic N) is 1. The molecule has 2 rings (SSSR count). The lowest BCUT2D eigenvalue weighted by Crippen LogP contribution is -2.55. The summed E-state index contributed by atoms with van der Waals surface area (Å²) in [5.41, 5.74) is -0.238. The smallest absolute Gasteiger partial charge is 0.254 e. The molecule has 1 unspecified atom stereocenters. The van der Waals surface area contributed by atoms with Gasteiger partial charge in [-0.15, -0.1) is 0 Å². The van der Waals surface area contributed by atoms with Crippen molar-refractivity contribution in [1.29, 1.82) is 0 Å². The van der Waals surface area contributed by atoms with Crippen LogP contribution in [0.5, 0.6) is 0 Å². The molecule has 0 aliphatic carbocycles. The average Bonchev–Trinajstić information content (AvgIpc) is 2.88. The lowest BCUT2D eigenvalue weighted by molar-refractivity contribution is -0.130. The highest BCUT2D eigenvalue weighted by Gasteiger charge is 2.45. The predicted octanol–water partition coefficient (Wildman–Crippen LogP) is 0.790. The van der Waals surface area contributed by atoms with Gasteiger partial charge in [-0.3, -0.25) is 9.59 Å². The fraction of sp³-hybridized carbons (Fsp3) is 0.467. The number of hydrogen-bond acceptors (Lipinski definition) is 3. The first kappa shape index (κ1) is 14.5. The molecular weight excluding hydrogens is 256 g/mol. The number of amides is 2. The number of aliphatic hydroxyl groups is 1. The van der Waals surface area contributed by atoms with Crippen LogP contribution in [0.15, 0.2) is 30.3 Å². The molecule has 0 aromatic heterocycles. The molecule has 1 fully saturated rings. The Morgan fingerprint density at radius 2 is 2.05 bits per heavy atom. The average molecular weight is 276 g/mol. The van der Waals surface area contributed by atoms with Crippen molar-refractivity contribution < 1.29 is 14.7 Å². The van der Waals surface area contributed by atoms with E-state index in [1.807, 2.05) is 18.2 Å². The number of carbonyl (C=O) groups is 2. The highest BCUT2D eigenvalue weighted by atomic mass is 16.3. The largest absolute Gasteiger partial charge is 0.395 e. The topological polar surface area (TPSA) is 69.6 Å². The van der Waals surface area contributed by atoms with Gasteiger partial charge in [0, 0.05) is 18.7 Å². The summed E-state index contributed by atoms with van der Waals surface area (Å²) < 4.78 is 0. The van der Waals surface area contributed by atoms with Crippen LogP contribution in [-0.2, 0) is 4.79 Å². The molecule has 1 aliphatic rings. The molecular formula is C15H20N2O3. The van der Waals surface area contributed by atoms with Crippen LogP contribution in [0, 0.1) is 0 Å². The normalized spacial score (nSPS) is 21.8. The van der Waals surface area contributed by atoms with E-state index in [4.69, 9.17) is 5.11 Å². The van der Waals surface area contributed by atoms with Crippen molar-refractivity contribution in [3.63, 3.8) is 0 Å². The molecule has 5 nitrogen and oxygen atoms in total. The fourth-order valence-electron chi connectivity index (χ4n) is 2.62. The molecule has 5 heteroatoms. The summed E-state index contributed by atoms with van der Waals surface area (Å²) >= 11 is 0. The van der Waals surface area contributed by atoms with Crippen molar-refractivity contribution in [2.75, 3.05) is 19.7 Å². The third kappa shape index (κ3) is 2.67. The molecule has 2 N–H and O–H groups in total. The number of nitrogens with one attached hydrogen (secondary N) is 1. The number of carbonyl (C=O) groups excluding carboxylic acids is 2.